The number of para-hydroxylation sites is 1. The summed E-state index contributed by atoms with van der Waals surface area (Å²) in [5.74, 6) is -0.322. The van der Waals surface area contributed by atoms with Crippen molar-refractivity contribution < 1.29 is 19.7 Å². The minimum absolute atomic E-state index is 0.101. The van der Waals surface area contributed by atoms with Crippen LogP contribution in [-0.4, -0.2) is 16.2 Å². The van der Waals surface area contributed by atoms with Crippen molar-refractivity contribution in [3.8, 4) is 11.5 Å². The van der Waals surface area contributed by atoms with Crippen LogP contribution in [0.2, 0.25) is 0 Å². The third-order valence-corrected chi connectivity index (χ3v) is 3.49. The van der Waals surface area contributed by atoms with E-state index in [0.717, 1.165) is 16.9 Å². The first-order valence-corrected chi connectivity index (χ1v) is 7.17. The van der Waals surface area contributed by atoms with Crippen LogP contribution < -0.4 is 4.74 Å². The zero-order valence-corrected chi connectivity index (χ0v) is 13.0. The summed E-state index contributed by atoms with van der Waals surface area (Å²) < 4.78 is 5.80. The van der Waals surface area contributed by atoms with Gasteiger partial charge in [0.05, 0.1) is 0 Å². The maximum atomic E-state index is 11.1. The molecule has 0 radical (unpaired) electrons. The third kappa shape index (κ3) is 3.39. The van der Waals surface area contributed by atoms with E-state index < -0.39 is 5.97 Å². The SMILES string of the molecule is Cc1cc(COc2ccccc2C(C)C)c(O)c(C(=O)O)c1. The summed E-state index contributed by atoms with van der Waals surface area (Å²) in [6, 6.07) is 10.9. The number of hydrogen-bond acceptors (Lipinski definition) is 3. The molecule has 0 spiro atoms. The fourth-order valence-corrected chi connectivity index (χ4v) is 2.37. The molecule has 2 aromatic rings. The van der Waals surface area contributed by atoms with Crippen LogP contribution in [0.4, 0.5) is 0 Å². The fourth-order valence-electron chi connectivity index (χ4n) is 2.37. The van der Waals surface area contributed by atoms with E-state index in [9.17, 15) is 9.90 Å². The summed E-state index contributed by atoms with van der Waals surface area (Å²) in [6.45, 7) is 6.07. The Hall–Kier alpha value is -2.49. The van der Waals surface area contributed by atoms with Crippen LogP contribution in [0.3, 0.4) is 0 Å². The van der Waals surface area contributed by atoms with Gasteiger partial charge in [-0.25, -0.2) is 4.79 Å². The van der Waals surface area contributed by atoms with Crippen molar-refractivity contribution in [1.82, 2.24) is 0 Å². The predicted molar refractivity (Wildman–Crippen MR) is 84.7 cm³/mol. The number of aromatic hydroxyl groups is 1. The lowest BCUT2D eigenvalue weighted by molar-refractivity contribution is 0.0693. The van der Waals surface area contributed by atoms with E-state index in [1.165, 1.54) is 6.07 Å². The molecule has 0 saturated carbocycles. The lowest BCUT2D eigenvalue weighted by Gasteiger charge is -2.15. The number of hydrogen-bond donors (Lipinski definition) is 2. The number of aryl methyl sites for hydroxylation is 1. The van der Waals surface area contributed by atoms with Crippen LogP contribution in [-0.2, 0) is 6.61 Å². The first kappa shape index (κ1) is 15.9. The second-order valence-corrected chi connectivity index (χ2v) is 5.61. The molecule has 0 unspecified atom stereocenters. The Morgan fingerprint density at radius 1 is 1.23 bits per heavy atom. The Balaban J connectivity index is 2.28. The van der Waals surface area contributed by atoms with Gasteiger partial charge in [-0.15, -0.1) is 0 Å². The van der Waals surface area contributed by atoms with Crippen molar-refractivity contribution in [3.63, 3.8) is 0 Å². The zero-order valence-electron chi connectivity index (χ0n) is 13.0. The second-order valence-electron chi connectivity index (χ2n) is 5.61. The van der Waals surface area contributed by atoms with E-state index in [0.29, 0.717) is 11.5 Å². The maximum Gasteiger partial charge on any atom is 0.339 e. The normalized spacial score (nSPS) is 10.7. The molecule has 2 rings (SSSR count). The molecule has 2 aromatic carbocycles. The molecule has 0 aliphatic heterocycles. The highest BCUT2D eigenvalue weighted by molar-refractivity contribution is 5.91. The molecule has 4 heteroatoms. The Bertz CT molecular complexity index is 689. The Kier molecular flexibility index (Phi) is 4.71. The zero-order chi connectivity index (χ0) is 16.3. The maximum absolute atomic E-state index is 11.1. The van der Waals surface area contributed by atoms with Crippen molar-refractivity contribution >= 4 is 5.97 Å². The Labute approximate surface area is 130 Å². The van der Waals surface area contributed by atoms with Gasteiger partial charge in [-0.05, 0) is 42.2 Å². The highest BCUT2D eigenvalue weighted by Gasteiger charge is 2.15. The van der Waals surface area contributed by atoms with Crippen LogP contribution in [0.15, 0.2) is 36.4 Å². The first-order chi connectivity index (χ1) is 10.4. The van der Waals surface area contributed by atoms with E-state index in [2.05, 4.69) is 13.8 Å². The Morgan fingerprint density at radius 2 is 1.91 bits per heavy atom. The van der Waals surface area contributed by atoms with Crippen molar-refractivity contribution in [1.29, 1.82) is 0 Å². The van der Waals surface area contributed by atoms with E-state index in [1.54, 1.807) is 13.0 Å². The van der Waals surface area contributed by atoms with Gasteiger partial charge in [0.2, 0.25) is 0 Å². The molecule has 2 N–H and O–H groups in total. The number of carboxylic acid groups (broad SMARTS) is 1. The number of benzene rings is 2. The lowest BCUT2D eigenvalue weighted by atomic mass is 10.0. The van der Waals surface area contributed by atoms with Crippen LogP contribution in [0.5, 0.6) is 11.5 Å². The summed E-state index contributed by atoms with van der Waals surface area (Å²) >= 11 is 0. The molecule has 0 heterocycles. The Morgan fingerprint density at radius 3 is 2.55 bits per heavy atom. The van der Waals surface area contributed by atoms with Gasteiger partial charge in [0, 0.05) is 5.56 Å². The van der Waals surface area contributed by atoms with Gasteiger partial charge in [-0.3, -0.25) is 0 Å². The summed E-state index contributed by atoms with van der Waals surface area (Å²) in [7, 11) is 0. The molecule has 0 amide bonds. The minimum atomic E-state index is -1.15. The summed E-state index contributed by atoms with van der Waals surface area (Å²) in [5.41, 5.74) is 2.21. The molecule has 0 aromatic heterocycles. The molecular weight excluding hydrogens is 280 g/mol. The third-order valence-electron chi connectivity index (χ3n) is 3.49. The minimum Gasteiger partial charge on any atom is -0.507 e. The molecule has 0 bridgehead atoms. The van der Waals surface area contributed by atoms with E-state index in [4.69, 9.17) is 9.84 Å². The summed E-state index contributed by atoms with van der Waals surface area (Å²) in [6.07, 6.45) is 0. The smallest absolute Gasteiger partial charge is 0.339 e. The van der Waals surface area contributed by atoms with E-state index in [-0.39, 0.29) is 17.9 Å². The second kappa shape index (κ2) is 6.52. The number of rotatable bonds is 5. The van der Waals surface area contributed by atoms with Gasteiger partial charge >= 0.3 is 5.97 Å². The number of carboxylic acids is 1. The molecule has 0 saturated heterocycles. The van der Waals surface area contributed by atoms with Gasteiger partial charge < -0.3 is 14.9 Å². The molecule has 0 atom stereocenters. The molecular formula is C18H20O4. The van der Waals surface area contributed by atoms with Crippen LogP contribution >= 0.6 is 0 Å². The van der Waals surface area contributed by atoms with Gasteiger partial charge in [0.1, 0.15) is 23.7 Å². The molecule has 0 aliphatic carbocycles. The van der Waals surface area contributed by atoms with Gasteiger partial charge in [-0.2, -0.15) is 0 Å². The number of phenols is 1. The van der Waals surface area contributed by atoms with Gasteiger partial charge in [0.25, 0.3) is 0 Å². The van der Waals surface area contributed by atoms with Crippen molar-refractivity contribution in [2.75, 3.05) is 0 Å². The fraction of sp³-hybridized carbons (Fsp3) is 0.278. The average molecular weight is 300 g/mol. The first-order valence-electron chi connectivity index (χ1n) is 7.17. The molecule has 4 nitrogen and oxygen atoms in total. The molecule has 22 heavy (non-hydrogen) atoms. The molecule has 116 valence electrons. The van der Waals surface area contributed by atoms with Crippen LogP contribution in [0.25, 0.3) is 0 Å². The average Bonchev–Trinajstić information content (AvgIpc) is 2.47. The molecule has 0 fully saturated rings. The summed E-state index contributed by atoms with van der Waals surface area (Å²) in [5, 5.41) is 19.2. The van der Waals surface area contributed by atoms with Gasteiger partial charge in [-0.1, -0.05) is 32.0 Å². The van der Waals surface area contributed by atoms with Crippen molar-refractivity contribution in [2.24, 2.45) is 0 Å². The van der Waals surface area contributed by atoms with Crippen LogP contribution in [0.1, 0.15) is 46.8 Å². The van der Waals surface area contributed by atoms with Gasteiger partial charge in [0.15, 0.2) is 0 Å². The van der Waals surface area contributed by atoms with E-state index >= 15 is 0 Å². The standard InChI is InChI=1S/C18H20O4/c1-11(2)14-6-4-5-7-16(14)22-10-13-8-12(3)9-15(17(13)19)18(20)21/h4-9,11,19H,10H2,1-3H3,(H,20,21). The molecule has 0 aliphatic rings. The highest BCUT2D eigenvalue weighted by atomic mass is 16.5. The topological polar surface area (TPSA) is 66.8 Å². The lowest BCUT2D eigenvalue weighted by Crippen LogP contribution is -2.04. The largest absolute Gasteiger partial charge is 0.507 e. The number of carbonyl (C=O) groups is 1. The van der Waals surface area contributed by atoms with Crippen molar-refractivity contribution in [3.05, 3.63) is 58.7 Å². The quantitative estimate of drug-likeness (QED) is 0.872. The number of aromatic carboxylic acids is 1. The van der Waals surface area contributed by atoms with Crippen LogP contribution in [0, 0.1) is 6.92 Å². The number of ether oxygens (including phenoxy) is 1. The van der Waals surface area contributed by atoms with E-state index in [1.807, 2.05) is 24.3 Å². The highest BCUT2D eigenvalue weighted by Crippen LogP contribution is 2.29. The predicted octanol–water partition coefficient (Wildman–Crippen LogP) is 4.10. The monoisotopic (exact) mass is 300 g/mol. The van der Waals surface area contributed by atoms with Crippen molar-refractivity contribution in [2.45, 2.75) is 33.3 Å². The summed E-state index contributed by atoms with van der Waals surface area (Å²) in [4.78, 5) is 11.1.